The number of rotatable bonds is 5. The molecule has 1 saturated carbocycles. The van der Waals surface area contributed by atoms with E-state index in [0.29, 0.717) is 5.96 Å². The number of aliphatic imine (C=N–C) groups is 1. The van der Waals surface area contributed by atoms with Gasteiger partial charge in [0.1, 0.15) is 0 Å². The second-order valence-electron chi connectivity index (χ2n) is 5.74. The summed E-state index contributed by atoms with van der Waals surface area (Å²) in [5.74, 6) is 1.40. The molecule has 0 radical (unpaired) electrons. The Kier molecular flexibility index (Phi) is 6.59. The predicted octanol–water partition coefficient (Wildman–Crippen LogP) is 3.35. The maximum absolute atomic E-state index is 5.90. The molecule has 108 valence electrons. The number of nitrogens with one attached hydrogen (secondary N) is 1. The van der Waals surface area contributed by atoms with Crippen LogP contribution in [0.2, 0.25) is 0 Å². The van der Waals surface area contributed by atoms with E-state index >= 15 is 0 Å². The molecule has 3 nitrogen and oxygen atoms in total. The quantitative estimate of drug-likeness (QED) is 0.458. The molecule has 0 saturated heterocycles. The minimum atomic E-state index is 0. The Morgan fingerprint density at radius 3 is 2.79 bits per heavy atom. The van der Waals surface area contributed by atoms with Gasteiger partial charge in [0.15, 0.2) is 5.96 Å². The van der Waals surface area contributed by atoms with E-state index in [-0.39, 0.29) is 29.4 Å². The molecule has 0 aliphatic heterocycles. The fraction of sp³-hybridized carbons (Fsp3) is 0.643. The molecular weight excluding hydrogens is 369 g/mol. The summed E-state index contributed by atoms with van der Waals surface area (Å²) in [6, 6.07) is 4.25. The van der Waals surface area contributed by atoms with Crippen LogP contribution in [-0.4, -0.2) is 19.0 Å². The molecule has 19 heavy (non-hydrogen) atoms. The number of thiophene rings is 1. The van der Waals surface area contributed by atoms with Crippen LogP contribution in [0.15, 0.2) is 22.5 Å². The maximum atomic E-state index is 5.90. The van der Waals surface area contributed by atoms with E-state index in [0.717, 1.165) is 19.0 Å². The number of guanidine groups is 1. The molecule has 1 aliphatic carbocycles. The Bertz CT molecular complexity index is 397. The van der Waals surface area contributed by atoms with Crippen molar-refractivity contribution in [2.45, 2.75) is 38.5 Å². The standard InChI is InChI=1S/C14H23N3S.HI/c1-14(2,12-7-4-8-18-12)10-17-13(15)16-9-11-5-3-6-11;/h4,7-8,11H,3,5-6,9-10H2,1-2H3,(H3,15,16,17);1H. The Balaban J connectivity index is 0.00000180. The Hall–Kier alpha value is -0.300. The van der Waals surface area contributed by atoms with Gasteiger partial charge in [-0.25, -0.2) is 0 Å². The van der Waals surface area contributed by atoms with Gasteiger partial charge in [-0.05, 0) is 30.2 Å². The highest BCUT2D eigenvalue weighted by Gasteiger charge is 2.21. The van der Waals surface area contributed by atoms with Crippen molar-refractivity contribution in [3.8, 4) is 0 Å². The summed E-state index contributed by atoms with van der Waals surface area (Å²) in [6.45, 7) is 6.13. The lowest BCUT2D eigenvalue weighted by Crippen LogP contribution is -2.38. The molecule has 1 aromatic heterocycles. The molecule has 2 rings (SSSR count). The predicted molar refractivity (Wildman–Crippen MR) is 94.6 cm³/mol. The Morgan fingerprint density at radius 2 is 2.26 bits per heavy atom. The Morgan fingerprint density at radius 1 is 1.53 bits per heavy atom. The number of hydrogen-bond donors (Lipinski definition) is 2. The topological polar surface area (TPSA) is 50.4 Å². The van der Waals surface area contributed by atoms with Gasteiger partial charge in [-0.2, -0.15) is 0 Å². The van der Waals surface area contributed by atoms with Gasteiger partial charge in [0.2, 0.25) is 0 Å². The molecule has 1 aliphatic rings. The lowest BCUT2D eigenvalue weighted by atomic mass is 9.85. The van der Waals surface area contributed by atoms with E-state index in [1.165, 1.54) is 24.1 Å². The first-order valence-corrected chi connectivity index (χ1v) is 7.54. The van der Waals surface area contributed by atoms with Crippen molar-refractivity contribution in [2.75, 3.05) is 13.1 Å². The maximum Gasteiger partial charge on any atom is 0.188 e. The average Bonchev–Trinajstić information content (AvgIpc) is 2.78. The van der Waals surface area contributed by atoms with Crippen LogP contribution in [0, 0.1) is 5.92 Å². The zero-order valence-corrected chi connectivity index (χ0v) is 14.8. The minimum Gasteiger partial charge on any atom is -0.370 e. The van der Waals surface area contributed by atoms with Crippen molar-refractivity contribution in [1.29, 1.82) is 0 Å². The highest BCUT2D eigenvalue weighted by atomic mass is 127. The van der Waals surface area contributed by atoms with Crippen LogP contribution in [0.4, 0.5) is 0 Å². The average molecular weight is 393 g/mol. The molecule has 0 aromatic carbocycles. The summed E-state index contributed by atoms with van der Waals surface area (Å²) < 4.78 is 0. The zero-order chi connectivity index (χ0) is 13.0. The fourth-order valence-corrected chi connectivity index (χ4v) is 2.87. The number of nitrogens with two attached hydrogens (primary N) is 1. The first kappa shape index (κ1) is 16.8. The largest absolute Gasteiger partial charge is 0.370 e. The van der Waals surface area contributed by atoms with E-state index in [1.807, 2.05) is 0 Å². The van der Waals surface area contributed by atoms with Gasteiger partial charge in [-0.3, -0.25) is 4.99 Å². The third-order valence-corrected chi connectivity index (χ3v) is 4.87. The third kappa shape index (κ3) is 4.95. The molecule has 1 fully saturated rings. The lowest BCUT2D eigenvalue weighted by Gasteiger charge is -2.26. The molecule has 0 unspecified atom stereocenters. The zero-order valence-electron chi connectivity index (χ0n) is 11.7. The highest BCUT2D eigenvalue weighted by molar-refractivity contribution is 14.0. The first-order valence-electron chi connectivity index (χ1n) is 6.66. The van der Waals surface area contributed by atoms with Crippen LogP contribution in [-0.2, 0) is 5.41 Å². The van der Waals surface area contributed by atoms with Gasteiger partial charge in [-0.15, -0.1) is 35.3 Å². The van der Waals surface area contributed by atoms with Crippen LogP contribution < -0.4 is 11.1 Å². The van der Waals surface area contributed by atoms with Gasteiger partial charge in [-0.1, -0.05) is 26.3 Å². The van der Waals surface area contributed by atoms with E-state index < -0.39 is 0 Å². The summed E-state index contributed by atoms with van der Waals surface area (Å²) in [7, 11) is 0. The number of nitrogens with zero attached hydrogens (tertiary/aromatic N) is 1. The molecule has 5 heteroatoms. The molecule has 3 N–H and O–H groups in total. The van der Waals surface area contributed by atoms with Gasteiger partial charge in [0.05, 0.1) is 6.54 Å². The summed E-state index contributed by atoms with van der Waals surface area (Å²) in [5, 5.41) is 5.34. The van der Waals surface area contributed by atoms with Crippen LogP contribution in [0.5, 0.6) is 0 Å². The molecule has 0 amide bonds. The lowest BCUT2D eigenvalue weighted by molar-refractivity contribution is 0.315. The first-order chi connectivity index (χ1) is 8.58. The van der Waals surface area contributed by atoms with Crippen molar-refractivity contribution in [3.63, 3.8) is 0 Å². The van der Waals surface area contributed by atoms with E-state index in [9.17, 15) is 0 Å². The van der Waals surface area contributed by atoms with E-state index in [2.05, 4.69) is 41.7 Å². The van der Waals surface area contributed by atoms with Crippen molar-refractivity contribution in [2.24, 2.45) is 16.6 Å². The SMILES string of the molecule is CC(C)(CN=C(N)NCC1CCC1)c1cccs1.I. The van der Waals surface area contributed by atoms with Crippen molar-refractivity contribution < 1.29 is 0 Å². The highest BCUT2D eigenvalue weighted by Crippen LogP contribution is 2.27. The summed E-state index contributed by atoms with van der Waals surface area (Å²) >= 11 is 1.78. The molecule has 1 aromatic rings. The van der Waals surface area contributed by atoms with E-state index in [1.54, 1.807) is 11.3 Å². The second-order valence-corrected chi connectivity index (χ2v) is 6.69. The van der Waals surface area contributed by atoms with Crippen LogP contribution in [0.25, 0.3) is 0 Å². The van der Waals surface area contributed by atoms with Crippen molar-refractivity contribution >= 4 is 41.3 Å². The van der Waals surface area contributed by atoms with Crippen LogP contribution in [0.1, 0.15) is 38.0 Å². The van der Waals surface area contributed by atoms with Gasteiger partial charge in [0.25, 0.3) is 0 Å². The summed E-state index contributed by atoms with van der Waals surface area (Å²) in [5.41, 5.74) is 5.97. The van der Waals surface area contributed by atoms with Crippen molar-refractivity contribution in [3.05, 3.63) is 22.4 Å². The fourth-order valence-electron chi connectivity index (χ4n) is 2.03. The monoisotopic (exact) mass is 393 g/mol. The third-order valence-electron chi connectivity index (χ3n) is 3.63. The molecule has 0 bridgehead atoms. The minimum absolute atomic E-state index is 0. The van der Waals surface area contributed by atoms with Crippen LogP contribution >= 0.6 is 35.3 Å². The summed E-state index contributed by atoms with van der Waals surface area (Å²) in [6.07, 6.45) is 4.04. The van der Waals surface area contributed by atoms with Crippen molar-refractivity contribution in [1.82, 2.24) is 5.32 Å². The Labute approximate surface area is 137 Å². The molecule has 0 atom stereocenters. The summed E-state index contributed by atoms with van der Waals surface area (Å²) in [4.78, 5) is 5.83. The molecular formula is C14H24IN3S. The van der Waals surface area contributed by atoms with Crippen LogP contribution in [0.3, 0.4) is 0 Å². The van der Waals surface area contributed by atoms with Gasteiger partial charge in [0, 0.05) is 16.8 Å². The molecule has 1 heterocycles. The van der Waals surface area contributed by atoms with Gasteiger partial charge >= 0.3 is 0 Å². The normalized spacial score (nSPS) is 16.6. The second kappa shape index (κ2) is 7.47. The van der Waals surface area contributed by atoms with Gasteiger partial charge < -0.3 is 11.1 Å². The molecule has 0 spiro atoms. The smallest absolute Gasteiger partial charge is 0.188 e. The van der Waals surface area contributed by atoms with E-state index in [4.69, 9.17) is 5.73 Å². The number of hydrogen-bond acceptors (Lipinski definition) is 2. The number of halogens is 1.